The van der Waals surface area contributed by atoms with Gasteiger partial charge in [0.25, 0.3) is 0 Å². The maximum Gasteiger partial charge on any atom is 0.123 e. The second-order valence-corrected chi connectivity index (χ2v) is 4.59. The van der Waals surface area contributed by atoms with Gasteiger partial charge in [0.2, 0.25) is 0 Å². The number of phenolic OH excluding ortho intramolecular Hbond substituents is 2. The summed E-state index contributed by atoms with van der Waals surface area (Å²) in [6.07, 6.45) is 0. The lowest BCUT2D eigenvalue weighted by Gasteiger charge is -2.12. The zero-order chi connectivity index (χ0) is 12.3. The number of hydrogen-bond donors (Lipinski definition) is 2. The highest BCUT2D eigenvalue weighted by Gasteiger charge is 2.11. The number of aromatic hydroxyl groups is 2. The van der Waals surface area contributed by atoms with Crippen LogP contribution in [0.5, 0.6) is 11.5 Å². The largest absolute Gasteiger partial charge is 0.507 e. The molecule has 0 aliphatic heterocycles. The summed E-state index contributed by atoms with van der Waals surface area (Å²) in [6.45, 7) is 0. The van der Waals surface area contributed by atoms with Crippen molar-refractivity contribution < 1.29 is 10.2 Å². The van der Waals surface area contributed by atoms with Crippen molar-refractivity contribution in [3.8, 4) is 11.5 Å². The lowest BCUT2D eigenvalue weighted by atomic mass is 9.93. The van der Waals surface area contributed by atoms with Gasteiger partial charge < -0.3 is 10.2 Å². The van der Waals surface area contributed by atoms with E-state index in [1.54, 1.807) is 12.1 Å². The van der Waals surface area contributed by atoms with Crippen molar-refractivity contribution in [2.45, 2.75) is 0 Å². The first-order chi connectivity index (χ1) is 8.75. The number of hydrogen-bond acceptors (Lipinski definition) is 2. The van der Waals surface area contributed by atoms with Crippen LogP contribution in [0.1, 0.15) is 0 Å². The SMILES string of the molecule is Oc1ccc2ccc3ccc(O)c4ccc1c2c34. The minimum Gasteiger partial charge on any atom is -0.507 e. The molecule has 0 fully saturated rings. The van der Waals surface area contributed by atoms with Crippen LogP contribution in [-0.4, -0.2) is 10.2 Å². The molecule has 0 spiro atoms. The maximum absolute atomic E-state index is 9.95. The van der Waals surface area contributed by atoms with Crippen LogP contribution in [0.25, 0.3) is 32.3 Å². The second kappa shape index (κ2) is 3.05. The van der Waals surface area contributed by atoms with E-state index >= 15 is 0 Å². The van der Waals surface area contributed by atoms with E-state index < -0.39 is 0 Å². The van der Waals surface area contributed by atoms with Gasteiger partial charge in [0.1, 0.15) is 11.5 Å². The molecule has 0 heterocycles. The third-order valence-electron chi connectivity index (χ3n) is 3.62. The Morgan fingerprint density at radius 2 is 0.889 bits per heavy atom. The minimum atomic E-state index is 0.278. The van der Waals surface area contributed by atoms with E-state index in [-0.39, 0.29) is 11.5 Å². The van der Waals surface area contributed by atoms with Gasteiger partial charge in [0.05, 0.1) is 0 Å². The first-order valence-electron chi connectivity index (χ1n) is 5.84. The maximum atomic E-state index is 9.95. The molecule has 4 aromatic carbocycles. The number of benzene rings is 4. The van der Waals surface area contributed by atoms with E-state index in [4.69, 9.17) is 0 Å². The fraction of sp³-hybridized carbons (Fsp3) is 0. The highest BCUT2D eigenvalue weighted by molar-refractivity contribution is 6.25. The predicted molar refractivity (Wildman–Crippen MR) is 73.5 cm³/mol. The van der Waals surface area contributed by atoms with Gasteiger partial charge >= 0.3 is 0 Å². The van der Waals surface area contributed by atoms with E-state index in [1.165, 1.54) is 0 Å². The predicted octanol–water partition coefficient (Wildman–Crippen LogP) is 4.00. The van der Waals surface area contributed by atoms with Crippen molar-refractivity contribution in [1.29, 1.82) is 0 Å². The van der Waals surface area contributed by atoms with Crippen LogP contribution in [-0.2, 0) is 0 Å². The van der Waals surface area contributed by atoms with Crippen LogP contribution in [0.15, 0.2) is 48.5 Å². The zero-order valence-electron chi connectivity index (χ0n) is 9.51. The normalized spacial score (nSPS) is 11.8. The van der Waals surface area contributed by atoms with Crippen LogP contribution >= 0.6 is 0 Å². The summed E-state index contributed by atoms with van der Waals surface area (Å²) in [7, 11) is 0. The quantitative estimate of drug-likeness (QED) is 0.451. The molecule has 0 radical (unpaired) electrons. The standard InChI is InChI=1S/C16H10O2/c17-13-7-3-9-1-2-10-4-8-14(18)12-6-5-11(13)15(9)16(10)12/h1-8,17-18H. The van der Waals surface area contributed by atoms with Crippen molar-refractivity contribution in [3.05, 3.63) is 48.5 Å². The third-order valence-corrected chi connectivity index (χ3v) is 3.62. The van der Waals surface area contributed by atoms with Gasteiger partial charge in [0, 0.05) is 21.5 Å². The zero-order valence-corrected chi connectivity index (χ0v) is 9.51. The Morgan fingerprint density at radius 3 is 1.33 bits per heavy atom. The highest BCUT2D eigenvalue weighted by Crippen LogP contribution is 2.40. The van der Waals surface area contributed by atoms with E-state index in [1.807, 2.05) is 36.4 Å². The molecule has 0 bridgehead atoms. The van der Waals surface area contributed by atoms with Gasteiger partial charge in [0.15, 0.2) is 0 Å². The van der Waals surface area contributed by atoms with Gasteiger partial charge in [-0.2, -0.15) is 0 Å². The first kappa shape index (κ1) is 9.54. The van der Waals surface area contributed by atoms with E-state index in [2.05, 4.69) is 0 Å². The summed E-state index contributed by atoms with van der Waals surface area (Å²) < 4.78 is 0. The molecule has 2 N–H and O–H groups in total. The molecule has 0 aliphatic rings. The van der Waals surface area contributed by atoms with E-state index in [0.717, 1.165) is 32.3 Å². The molecule has 0 atom stereocenters. The van der Waals surface area contributed by atoms with Crippen LogP contribution in [0.3, 0.4) is 0 Å². The molecule has 0 aromatic heterocycles. The average Bonchev–Trinajstić information content (AvgIpc) is 2.40. The fourth-order valence-electron chi connectivity index (χ4n) is 2.77. The van der Waals surface area contributed by atoms with Gasteiger partial charge in [-0.3, -0.25) is 0 Å². The molecule has 18 heavy (non-hydrogen) atoms. The summed E-state index contributed by atoms with van der Waals surface area (Å²) in [5.41, 5.74) is 0. The summed E-state index contributed by atoms with van der Waals surface area (Å²) >= 11 is 0. The Labute approximate surface area is 103 Å². The lowest BCUT2D eigenvalue weighted by molar-refractivity contribution is 0.480. The number of phenols is 2. The summed E-state index contributed by atoms with van der Waals surface area (Å²) in [4.78, 5) is 0. The van der Waals surface area contributed by atoms with Crippen LogP contribution in [0.4, 0.5) is 0 Å². The molecular formula is C16H10O2. The Balaban J connectivity index is 2.47. The van der Waals surface area contributed by atoms with Crippen LogP contribution in [0, 0.1) is 0 Å². The molecule has 4 rings (SSSR count). The summed E-state index contributed by atoms with van der Waals surface area (Å²) in [5.74, 6) is 0.556. The molecule has 0 unspecified atom stereocenters. The topological polar surface area (TPSA) is 40.5 Å². The van der Waals surface area contributed by atoms with Gasteiger partial charge in [-0.25, -0.2) is 0 Å². The van der Waals surface area contributed by atoms with Crippen LogP contribution < -0.4 is 0 Å². The smallest absolute Gasteiger partial charge is 0.123 e. The van der Waals surface area contributed by atoms with E-state index in [9.17, 15) is 10.2 Å². The molecule has 0 amide bonds. The third kappa shape index (κ3) is 1.02. The van der Waals surface area contributed by atoms with Crippen LogP contribution in [0.2, 0.25) is 0 Å². The van der Waals surface area contributed by atoms with Crippen molar-refractivity contribution >= 4 is 32.3 Å². The molecule has 0 aliphatic carbocycles. The van der Waals surface area contributed by atoms with E-state index in [0.29, 0.717) is 0 Å². The second-order valence-electron chi connectivity index (χ2n) is 4.59. The Bertz CT molecular complexity index is 819. The average molecular weight is 234 g/mol. The lowest BCUT2D eigenvalue weighted by Crippen LogP contribution is -1.84. The fourth-order valence-corrected chi connectivity index (χ4v) is 2.77. The van der Waals surface area contributed by atoms with Crippen molar-refractivity contribution in [2.24, 2.45) is 0 Å². The monoisotopic (exact) mass is 234 g/mol. The molecule has 2 nitrogen and oxygen atoms in total. The molecule has 2 heteroatoms. The van der Waals surface area contributed by atoms with Crippen molar-refractivity contribution in [3.63, 3.8) is 0 Å². The molecule has 0 saturated carbocycles. The van der Waals surface area contributed by atoms with Gasteiger partial charge in [-0.1, -0.05) is 24.3 Å². The minimum absolute atomic E-state index is 0.278. The van der Waals surface area contributed by atoms with Crippen molar-refractivity contribution in [2.75, 3.05) is 0 Å². The molecule has 4 aromatic rings. The Hall–Kier alpha value is -2.48. The highest BCUT2D eigenvalue weighted by atomic mass is 16.3. The summed E-state index contributed by atoms with van der Waals surface area (Å²) in [5, 5.41) is 25.7. The number of rotatable bonds is 0. The Kier molecular flexibility index (Phi) is 1.61. The van der Waals surface area contributed by atoms with Gasteiger partial charge in [-0.15, -0.1) is 0 Å². The molecular weight excluding hydrogens is 224 g/mol. The van der Waals surface area contributed by atoms with Crippen molar-refractivity contribution in [1.82, 2.24) is 0 Å². The first-order valence-corrected chi connectivity index (χ1v) is 5.84. The Morgan fingerprint density at radius 1 is 0.500 bits per heavy atom. The summed E-state index contributed by atoms with van der Waals surface area (Å²) in [6, 6.07) is 15.0. The van der Waals surface area contributed by atoms with Gasteiger partial charge in [-0.05, 0) is 35.0 Å². The molecule has 0 saturated heterocycles. The molecule has 86 valence electrons.